The lowest BCUT2D eigenvalue weighted by Gasteiger charge is -2.00. The molecule has 0 aliphatic heterocycles. The van der Waals surface area contributed by atoms with Crippen molar-refractivity contribution in [3.8, 4) is 5.75 Å². The summed E-state index contributed by atoms with van der Waals surface area (Å²) >= 11 is 0. The van der Waals surface area contributed by atoms with Crippen LogP contribution in [0.2, 0.25) is 0 Å². The van der Waals surface area contributed by atoms with Crippen molar-refractivity contribution in [2.75, 3.05) is 0 Å². The number of para-hydroxylation sites is 1. The van der Waals surface area contributed by atoms with Crippen molar-refractivity contribution < 1.29 is 5.11 Å². The van der Waals surface area contributed by atoms with Crippen molar-refractivity contribution >= 4 is 16.6 Å². The summed E-state index contributed by atoms with van der Waals surface area (Å²) in [4.78, 5) is 0. The van der Waals surface area contributed by atoms with Crippen LogP contribution in [0.1, 0.15) is 0 Å². The molecule has 5 nitrogen and oxygen atoms in total. The molecular weight excluding hydrogens is 180 g/mol. The molecule has 0 saturated heterocycles. The lowest BCUT2D eigenvalue weighted by Crippen LogP contribution is -1.90. The van der Waals surface area contributed by atoms with Crippen molar-refractivity contribution in [1.29, 1.82) is 0 Å². The molecule has 0 fully saturated rings. The normalized spacial score (nSPS) is 11.1. The van der Waals surface area contributed by atoms with Gasteiger partial charge in [-0.05, 0) is 22.6 Å². The monoisotopic (exact) mass is 186 g/mol. The third kappa shape index (κ3) is 0.806. The van der Waals surface area contributed by atoms with Gasteiger partial charge in [-0.2, -0.15) is 4.52 Å². The third-order valence-electron chi connectivity index (χ3n) is 2.17. The summed E-state index contributed by atoms with van der Waals surface area (Å²) in [7, 11) is 0. The molecule has 0 aliphatic carbocycles. The SMILES string of the molecule is Oc1cc2nnnn2c2ccccc12. The first-order valence-corrected chi connectivity index (χ1v) is 4.15. The first-order valence-electron chi connectivity index (χ1n) is 4.15. The van der Waals surface area contributed by atoms with Crippen LogP contribution in [0.25, 0.3) is 16.6 Å². The van der Waals surface area contributed by atoms with E-state index in [1.165, 1.54) is 0 Å². The molecule has 2 heterocycles. The van der Waals surface area contributed by atoms with Gasteiger partial charge in [-0.1, -0.05) is 12.1 Å². The van der Waals surface area contributed by atoms with E-state index in [-0.39, 0.29) is 5.75 Å². The molecule has 14 heavy (non-hydrogen) atoms. The van der Waals surface area contributed by atoms with E-state index in [9.17, 15) is 5.11 Å². The Morgan fingerprint density at radius 2 is 2.07 bits per heavy atom. The second kappa shape index (κ2) is 2.41. The average molecular weight is 186 g/mol. The number of fused-ring (bicyclic) bond motifs is 3. The van der Waals surface area contributed by atoms with Crippen LogP contribution < -0.4 is 0 Å². The molecule has 1 N–H and O–H groups in total. The Balaban J connectivity index is 2.67. The van der Waals surface area contributed by atoms with E-state index in [4.69, 9.17) is 0 Å². The molecule has 5 heteroatoms. The van der Waals surface area contributed by atoms with Crippen molar-refractivity contribution in [2.24, 2.45) is 0 Å². The highest BCUT2D eigenvalue weighted by Gasteiger charge is 2.06. The largest absolute Gasteiger partial charge is 0.507 e. The van der Waals surface area contributed by atoms with E-state index in [1.807, 2.05) is 24.3 Å². The van der Waals surface area contributed by atoms with Crippen LogP contribution in [0.15, 0.2) is 30.3 Å². The molecule has 0 amide bonds. The number of rotatable bonds is 0. The Morgan fingerprint density at radius 3 is 3.00 bits per heavy atom. The number of benzene rings is 1. The number of aromatic hydroxyl groups is 1. The molecule has 0 bridgehead atoms. The molecule has 0 atom stereocenters. The van der Waals surface area contributed by atoms with E-state index in [0.29, 0.717) is 5.65 Å². The van der Waals surface area contributed by atoms with Gasteiger partial charge in [-0.15, -0.1) is 5.10 Å². The number of nitrogens with zero attached hydrogens (tertiary/aromatic N) is 4. The Kier molecular flexibility index (Phi) is 1.25. The fourth-order valence-electron chi connectivity index (χ4n) is 1.53. The molecule has 1 aromatic carbocycles. The van der Waals surface area contributed by atoms with Crippen LogP contribution >= 0.6 is 0 Å². The second-order valence-electron chi connectivity index (χ2n) is 3.00. The topological polar surface area (TPSA) is 63.3 Å². The van der Waals surface area contributed by atoms with E-state index >= 15 is 0 Å². The predicted octanol–water partition coefficient (Wildman–Crippen LogP) is 0.983. The van der Waals surface area contributed by atoms with E-state index in [2.05, 4.69) is 15.5 Å². The van der Waals surface area contributed by atoms with Gasteiger partial charge < -0.3 is 5.11 Å². The summed E-state index contributed by atoms with van der Waals surface area (Å²) in [6.07, 6.45) is 0. The summed E-state index contributed by atoms with van der Waals surface area (Å²) in [6.45, 7) is 0. The molecule has 68 valence electrons. The molecule has 0 saturated carbocycles. The number of tetrazole rings is 1. The van der Waals surface area contributed by atoms with Gasteiger partial charge in [0.2, 0.25) is 0 Å². The maximum Gasteiger partial charge on any atom is 0.183 e. The van der Waals surface area contributed by atoms with Crippen LogP contribution in [0.5, 0.6) is 5.75 Å². The van der Waals surface area contributed by atoms with Gasteiger partial charge in [0, 0.05) is 11.5 Å². The Morgan fingerprint density at radius 1 is 1.21 bits per heavy atom. The van der Waals surface area contributed by atoms with Gasteiger partial charge in [0.1, 0.15) is 5.75 Å². The predicted molar refractivity (Wildman–Crippen MR) is 50.0 cm³/mol. The van der Waals surface area contributed by atoms with Crippen molar-refractivity contribution in [1.82, 2.24) is 20.0 Å². The summed E-state index contributed by atoms with van der Waals surface area (Å²) in [5.74, 6) is 0.197. The maximum absolute atomic E-state index is 9.68. The number of hydrogen-bond acceptors (Lipinski definition) is 4. The summed E-state index contributed by atoms with van der Waals surface area (Å²) in [5.41, 5.74) is 1.34. The van der Waals surface area contributed by atoms with E-state index < -0.39 is 0 Å². The standard InChI is InChI=1S/C9H6N4O/c14-8-5-9-10-11-12-13(9)7-4-2-1-3-6(7)8/h1-5,14H. The minimum Gasteiger partial charge on any atom is -0.507 e. The molecule has 3 rings (SSSR count). The van der Waals surface area contributed by atoms with E-state index in [1.54, 1.807) is 10.6 Å². The van der Waals surface area contributed by atoms with Crippen LogP contribution in [0.4, 0.5) is 0 Å². The second-order valence-corrected chi connectivity index (χ2v) is 3.00. The van der Waals surface area contributed by atoms with Gasteiger partial charge >= 0.3 is 0 Å². The molecule has 3 aromatic rings. The van der Waals surface area contributed by atoms with Crippen LogP contribution in [-0.4, -0.2) is 25.1 Å². The zero-order valence-electron chi connectivity index (χ0n) is 7.12. The van der Waals surface area contributed by atoms with Gasteiger partial charge in [-0.3, -0.25) is 0 Å². The summed E-state index contributed by atoms with van der Waals surface area (Å²) in [5, 5.41) is 21.6. The highest BCUT2D eigenvalue weighted by molar-refractivity contribution is 5.87. The first kappa shape index (κ1) is 7.25. The molecular formula is C9H6N4O. The van der Waals surface area contributed by atoms with Crippen molar-refractivity contribution in [2.45, 2.75) is 0 Å². The summed E-state index contributed by atoms with van der Waals surface area (Å²) < 4.78 is 1.59. The molecule has 0 unspecified atom stereocenters. The average Bonchev–Trinajstić information content (AvgIpc) is 2.66. The highest BCUT2D eigenvalue weighted by atomic mass is 16.3. The van der Waals surface area contributed by atoms with Gasteiger partial charge in [0.15, 0.2) is 5.65 Å². The minimum atomic E-state index is 0.197. The third-order valence-corrected chi connectivity index (χ3v) is 2.17. The number of aromatic nitrogens is 4. The first-order chi connectivity index (χ1) is 6.86. The summed E-state index contributed by atoms with van der Waals surface area (Å²) in [6, 6.07) is 8.97. The van der Waals surface area contributed by atoms with Crippen LogP contribution in [-0.2, 0) is 0 Å². The minimum absolute atomic E-state index is 0.197. The zero-order chi connectivity index (χ0) is 9.54. The number of hydrogen-bond donors (Lipinski definition) is 1. The molecule has 2 aromatic heterocycles. The van der Waals surface area contributed by atoms with Gasteiger partial charge in [0.25, 0.3) is 0 Å². The Labute approximate surface area is 78.6 Å². The highest BCUT2D eigenvalue weighted by Crippen LogP contribution is 2.24. The van der Waals surface area contributed by atoms with E-state index in [0.717, 1.165) is 10.9 Å². The maximum atomic E-state index is 9.68. The quantitative estimate of drug-likeness (QED) is 0.568. The smallest absolute Gasteiger partial charge is 0.183 e. The van der Waals surface area contributed by atoms with Crippen LogP contribution in [0.3, 0.4) is 0 Å². The van der Waals surface area contributed by atoms with Gasteiger partial charge in [0.05, 0.1) is 5.52 Å². The van der Waals surface area contributed by atoms with Crippen molar-refractivity contribution in [3.63, 3.8) is 0 Å². The Bertz CT molecular complexity index is 616. The lowest BCUT2D eigenvalue weighted by molar-refractivity contribution is 0.481. The Hall–Kier alpha value is -2.17. The molecule has 0 spiro atoms. The molecule has 0 radical (unpaired) electrons. The fourth-order valence-corrected chi connectivity index (χ4v) is 1.53. The van der Waals surface area contributed by atoms with Crippen LogP contribution in [0, 0.1) is 0 Å². The number of pyridine rings is 1. The molecule has 0 aliphatic rings. The fraction of sp³-hybridized carbons (Fsp3) is 0. The zero-order valence-corrected chi connectivity index (χ0v) is 7.12. The lowest BCUT2D eigenvalue weighted by atomic mass is 10.2. The van der Waals surface area contributed by atoms with Crippen molar-refractivity contribution in [3.05, 3.63) is 30.3 Å². The van der Waals surface area contributed by atoms with Gasteiger partial charge in [-0.25, -0.2) is 0 Å².